The molecule has 7 nitrogen and oxygen atoms in total. The molecule has 10 heteroatoms. The van der Waals surface area contributed by atoms with E-state index in [1.807, 2.05) is 6.92 Å². The molecule has 0 aromatic heterocycles. The molecular formula is C22H27BrN2O5S2. The Morgan fingerprint density at radius 2 is 1.75 bits per heavy atom. The Bertz CT molecular complexity index is 996. The number of ether oxygens (including phenoxy) is 2. The minimum absolute atomic E-state index is 0.171. The number of esters is 1. The van der Waals surface area contributed by atoms with Crippen molar-refractivity contribution >= 4 is 54.8 Å². The van der Waals surface area contributed by atoms with Crippen LogP contribution in [0.15, 0.2) is 57.9 Å². The van der Waals surface area contributed by atoms with Crippen molar-refractivity contribution in [3.05, 3.63) is 53.0 Å². The van der Waals surface area contributed by atoms with Crippen LogP contribution in [0.25, 0.3) is 0 Å². The maximum atomic E-state index is 12.8. The van der Waals surface area contributed by atoms with Crippen molar-refractivity contribution in [1.82, 2.24) is 4.72 Å². The first kappa shape index (κ1) is 26.2. The molecule has 0 aliphatic rings. The van der Waals surface area contributed by atoms with Crippen LogP contribution in [0, 0.1) is 0 Å². The Morgan fingerprint density at radius 3 is 2.34 bits per heavy atom. The van der Waals surface area contributed by atoms with E-state index in [2.05, 4.69) is 26.0 Å². The van der Waals surface area contributed by atoms with Crippen molar-refractivity contribution in [3.63, 3.8) is 0 Å². The number of carbonyl (C=O) groups is 1. The van der Waals surface area contributed by atoms with Crippen LogP contribution in [0.5, 0.6) is 5.75 Å². The molecule has 2 rings (SSSR count). The van der Waals surface area contributed by atoms with Crippen LogP contribution < -0.4 is 14.8 Å². The maximum Gasteiger partial charge on any atom is 0.344 e. The molecule has 0 aliphatic carbocycles. The third kappa shape index (κ3) is 8.50. The quantitative estimate of drug-likeness (QED) is 0.297. The summed E-state index contributed by atoms with van der Waals surface area (Å²) in [5.74, 6) is 0.0701. The molecule has 0 aliphatic heterocycles. The van der Waals surface area contributed by atoms with Crippen molar-refractivity contribution < 1.29 is 22.7 Å². The molecule has 0 spiro atoms. The van der Waals surface area contributed by atoms with E-state index in [1.165, 1.54) is 12.1 Å². The zero-order valence-electron chi connectivity index (χ0n) is 18.0. The molecule has 1 atom stereocenters. The molecule has 0 amide bonds. The first-order valence-electron chi connectivity index (χ1n) is 10.2. The van der Waals surface area contributed by atoms with E-state index in [4.69, 9.17) is 21.7 Å². The first-order chi connectivity index (χ1) is 15.2. The highest BCUT2D eigenvalue weighted by molar-refractivity contribution is 9.10. The molecule has 0 bridgehead atoms. The zero-order chi connectivity index (χ0) is 23.6. The molecule has 0 radical (unpaired) electrons. The molecule has 2 aromatic carbocycles. The van der Waals surface area contributed by atoms with Crippen LogP contribution in [-0.4, -0.2) is 38.6 Å². The minimum Gasteiger partial charge on any atom is -0.482 e. The molecule has 2 N–H and O–H groups in total. The van der Waals surface area contributed by atoms with Gasteiger partial charge in [-0.25, -0.2) is 17.9 Å². The van der Waals surface area contributed by atoms with Crippen LogP contribution >= 0.6 is 28.1 Å². The number of halogens is 1. The first-order valence-corrected chi connectivity index (χ1v) is 12.9. The van der Waals surface area contributed by atoms with Crippen molar-refractivity contribution in [2.45, 2.75) is 44.0 Å². The van der Waals surface area contributed by atoms with Crippen LogP contribution in [-0.2, 0) is 19.6 Å². The van der Waals surface area contributed by atoms with Gasteiger partial charge in [-0.1, -0.05) is 47.9 Å². The summed E-state index contributed by atoms with van der Waals surface area (Å²) in [4.78, 5) is 11.9. The van der Waals surface area contributed by atoms with E-state index in [1.54, 1.807) is 43.3 Å². The lowest BCUT2D eigenvalue weighted by Crippen LogP contribution is -2.42. The van der Waals surface area contributed by atoms with Crippen LogP contribution in [0.2, 0.25) is 0 Å². The van der Waals surface area contributed by atoms with Gasteiger partial charge in [0, 0.05) is 10.2 Å². The van der Waals surface area contributed by atoms with E-state index in [0.717, 1.165) is 17.3 Å². The lowest BCUT2D eigenvalue weighted by Gasteiger charge is -2.21. The predicted octanol–water partition coefficient (Wildman–Crippen LogP) is 4.67. The largest absolute Gasteiger partial charge is 0.482 e. The highest BCUT2D eigenvalue weighted by atomic mass is 79.9. The lowest BCUT2D eigenvalue weighted by molar-refractivity contribution is -0.145. The van der Waals surface area contributed by atoms with Gasteiger partial charge in [0.05, 0.1) is 22.5 Å². The van der Waals surface area contributed by atoms with Crippen molar-refractivity contribution in [1.29, 1.82) is 0 Å². The topological polar surface area (TPSA) is 93.7 Å². The monoisotopic (exact) mass is 542 g/mol. The number of sulfonamides is 1. The number of carbonyl (C=O) groups excluding carboxylic acids is 1. The number of rotatable bonds is 12. The fraction of sp³-hybridized carbons (Fsp3) is 0.364. The summed E-state index contributed by atoms with van der Waals surface area (Å²) in [5, 5.41) is 3.10. The van der Waals surface area contributed by atoms with Crippen LogP contribution in [0.4, 0.5) is 5.69 Å². The molecule has 32 heavy (non-hydrogen) atoms. The highest BCUT2D eigenvalue weighted by Crippen LogP contribution is 2.19. The SMILES string of the molecule is CCCC[C@H](NS(=O)(=O)c1ccc(Br)cc1)C(=S)Nc1ccc(OCC(=O)OCC)cc1. The van der Waals surface area contributed by atoms with Crippen molar-refractivity contribution in [2.75, 3.05) is 18.5 Å². The Labute approximate surface area is 203 Å². The number of hydrogen-bond acceptors (Lipinski definition) is 6. The molecule has 0 saturated carbocycles. The Hall–Kier alpha value is -2.01. The third-order valence-electron chi connectivity index (χ3n) is 4.37. The number of hydrogen-bond donors (Lipinski definition) is 2. The van der Waals surface area contributed by atoms with Crippen LogP contribution in [0.1, 0.15) is 33.1 Å². The Kier molecular flexibility index (Phi) is 10.6. The smallest absolute Gasteiger partial charge is 0.344 e. The van der Waals surface area contributed by atoms with E-state index in [-0.39, 0.29) is 11.5 Å². The number of unbranched alkanes of at least 4 members (excludes halogenated alkanes) is 1. The number of thiocarbonyl (C=S) groups is 1. The summed E-state index contributed by atoms with van der Waals surface area (Å²) in [6, 6.07) is 12.7. The standard InChI is InChI=1S/C22H27BrN2O5S2/c1-3-5-6-20(25-32(27,28)19-13-7-16(23)8-14-19)22(31)24-17-9-11-18(12-10-17)30-15-21(26)29-4-2/h7-14,20,25H,3-6,15H2,1-2H3,(H,24,31)/t20-/m0/s1. The average Bonchev–Trinajstić information content (AvgIpc) is 2.76. The highest BCUT2D eigenvalue weighted by Gasteiger charge is 2.23. The summed E-state index contributed by atoms with van der Waals surface area (Å²) in [6.07, 6.45) is 2.29. The third-order valence-corrected chi connectivity index (χ3v) is 6.77. The molecular weight excluding hydrogens is 516 g/mol. The Balaban J connectivity index is 2.04. The van der Waals surface area contributed by atoms with Gasteiger partial charge in [0.1, 0.15) is 5.75 Å². The van der Waals surface area contributed by atoms with Crippen molar-refractivity contribution in [3.8, 4) is 5.75 Å². The Morgan fingerprint density at radius 1 is 1.09 bits per heavy atom. The summed E-state index contributed by atoms with van der Waals surface area (Å²) in [5.41, 5.74) is 0.683. The second-order valence-corrected chi connectivity index (χ2v) is 9.95. The lowest BCUT2D eigenvalue weighted by atomic mass is 10.1. The summed E-state index contributed by atoms with van der Waals surface area (Å²) >= 11 is 8.83. The van der Waals surface area contributed by atoms with E-state index < -0.39 is 22.0 Å². The van der Waals surface area contributed by atoms with E-state index >= 15 is 0 Å². The van der Waals surface area contributed by atoms with Crippen molar-refractivity contribution in [2.24, 2.45) is 0 Å². The van der Waals surface area contributed by atoms with Gasteiger partial charge in [-0.3, -0.25) is 0 Å². The fourth-order valence-corrected chi connectivity index (χ4v) is 4.60. The molecule has 174 valence electrons. The summed E-state index contributed by atoms with van der Waals surface area (Å²) in [6.45, 7) is 3.89. The van der Waals surface area contributed by atoms with Gasteiger partial charge in [0.2, 0.25) is 10.0 Å². The molecule has 0 saturated heterocycles. The average molecular weight is 544 g/mol. The second-order valence-electron chi connectivity index (χ2n) is 6.88. The maximum absolute atomic E-state index is 12.8. The minimum atomic E-state index is -3.73. The number of nitrogens with one attached hydrogen (secondary N) is 2. The molecule has 0 fully saturated rings. The second kappa shape index (κ2) is 12.9. The normalized spacial score (nSPS) is 12.1. The number of benzene rings is 2. The molecule has 0 unspecified atom stereocenters. The van der Waals surface area contributed by atoms with Gasteiger partial charge in [0.25, 0.3) is 0 Å². The van der Waals surface area contributed by atoms with Gasteiger partial charge >= 0.3 is 5.97 Å². The fourth-order valence-electron chi connectivity index (χ4n) is 2.73. The summed E-state index contributed by atoms with van der Waals surface area (Å²) < 4.78 is 39.4. The summed E-state index contributed by atoms with van der Waals surface area (Å²) in [7, 11) is -3.73. The predicted molar refractivity (Wildman–Crippen MR) is 133 cm³/mol. The van der Waals surface area contributed by atoms with Gasteiger partial charge in [-0.2, -0.15) is 0 Å². The van der Waals surface area contributed by atoms with Gasteiger partial charge in [-0.05, 0) is 61.9 Å². The van der Waals surface area contributed by atoms with Gasteiger partial charge < -0.3 is 14.8 Å². The molecule has 0 heterocycles. The molecule has 2 aromatic rings. The van der Waals surface area contributed by atoms with Crippen LogP contribution in [0.3, 0.4) is 0 Å². The van der Waals surface area contributed by atoms with Gasteiger partial charge in [-0.15, -0.1) is 0 Å². The van der Waals surface area contributed by atoms with E-state index in [9.17, 15) is 13.2 Å². The zero-order valence-corrected chi connectivity index (χ0v) is 21.2. The van der Waals surface area contributed by atoms with E-state index in [0.29, 0.717) is 29.5 Å². The van der Waals surface area contributed by atoms with Gasteiger partial charge in [0.15, 0.2) is 6.61 Å². The number of anilines is 1.